The predicted octanol–water partition coefficient (Wildman–Crippen LogP) is 2.32. The summed E-state index contributed by atoms with van der Waals surface area (Å²) in [4.78, 5) is 32.1. The first kappa shape index (κ1) is 18.5. The highest BCUT2D eigenvalue weighted by Gasteiger charge is 2.31. The lowest BCUT2D eigenvalue weighted by molar-refractivity contribution is -0.143. The number of anilines is 1. The summed E-state index contributed by atoms with van der Waals surface area (Å²) in [5.41, 5.74) is 1.01. The standard InChI is InChI=1S/C19H28N4O3/c1-14-9-16(18(24)25)13-23(12-14)19(26)21-11-15-5-6-20-17(10-15)22-7-3-2-4-8-22/h5-6,10,14,16H,2-4,7-9,11-13H2,1H3,(H,21,26)(H,24,25). The quantitative estimate of drug-likeness (QED) is 0.861. The van der Waals surface area contributed by atoms with Crippen LogP contribution in [0.2, 0.25) is 0 Å². The second kappa shape index (κ2) is 8.38. The molecule has 2 unspecified atom stereocenters. The molecule has 2 aliphatic rings. The zero-order chi connectivity index (χ0) is 18.5. The normalized spacial score (nSPS) is 23.6. The first-order valence-corrected chi connectivity index (χ1v) is 9.48. The van der Waals surface area contributed by atoms with Crippen molar-refractivity contribution in [3.05, 3.63) is 23.9 Å². The molecule has 142 valence electrons. The maximum absolute atomic E-state index is 12.5. The van der Waals surface area contributed by atoms with Crippen molar-refractivity contribution < 1.29 is 14.7 Å². The number of aliphatic carboxylic acids is 1. The van der Waals surface area contributed by atoms with Gasteiger partial charge in [-0.1, -0.05) is 6.92 Å². The number of hydrogen-bond acceptors (Lipinski definition) is 4. The molecule has 2 N–H and O–H groups in total. The molecule has 2 atom stereocenters. The van der Waals surface area contributed by atoms with Gasteiger partial charge in [-0.25, -0.2) is 9.78 Å². The molecule has 2 saturated heterocycles. The lowest BCUT2D eigenvalue weighted by atomic mass is 9.91. The topological polar surface area (TPSA) is 85.8 Å². The second-order valence-corrected chi connectivity index (χ2v) is 7.51. The second-order valence-electron chi connectivity index (χ2n) is 7.51. The first-order valence-electron chi connectivity index (χ1n) is 9.48. The zero-order valence-corrected chi connectivity index (χ0v) is 15.4. The number of likely N-dealkylation sites (tertiary alicyclic amines) is 1. The van der Waals surface area contributed by atoms with Gasteiger partial charge in [-0.3, -0.25) is 4.79 Å². The van der Waals surface area contributed by atoms with Crippen molar-refractivity contribution in [2.24, 2.45) is 11.8 Å². The van der Waals surface area contributed by atoms with Crippen LogP contribution in [0.3, 0.4) is 0 Å². The van der Waals surface area contributed by atoms with Crippen LogP contribution in [-0.2, 0) is 11.3 Å². The summed E-state index contributed by atoms with van der Waals surface area (Å²) in [5, 5.41) is 12.2. The number of carbonyl (C=O) groups excluding carboxylic acids is 1. The highest BCUT2D eigenvalue weighted by molar-refractivity contribution is 5.76. The average Bonchev–Trinajstić information content (AvgIpc) is 2.66. The largest absolute Gasteiger partial charge is 0.481 e. The van der Waals surface area contributed by atoms with Crippen molar-refractivity contribution >= 4 is 17.8 Å². The Morgan fingerprint density at radius 1 is 1.27 bits per heavy atom. The lowest BCUT2D eigenvalue weighted by Crippen LogP contribution is -2.49. The first-order chi connectivity index (χ1) is 12.5. The number of carboxylic acids is 1. The third-order valence-electron chi connectivity index (χ3n) is 5.23. The van der Waals surface area contributed by atoms with Gasteiger partial charge in [-0.05, 0) is 49.3 Å². The number of amides is 2. The molecular formula is C19H28N4O3. The number of nitrogens with zero attached hydrogens (tertiary/aromatic N) is 3. The molecule has 0 saturated carbocycles. The predicted molar refractivity (Wildman–Crippen MR) is 99.0 cm³/mol. The van der Waals surface area contributed by atoms with Crippen LogP contribution < -0.4 is 10.2 Å². The number of rotatable bonds is 4. The summed E-state index contributed by atoms with van der Waals surface area (Å²) in [6, 6.07) is 3.75. The van der Waals surface area contributed by atoms with Crippen LogP contribution in [0, 0.1) is 11.8 Å². The fraction of sp³-hybridized carbons (Fsp3) is 0.632. The van der Waals surface area contributed by atoms with Gasteiger partial charge in [0.15, 0.2) is 0 Å². The highest BCUT2D eigenvalue weighted by atomic mass is 16.4. The highest BCUT2D eigenvalue weighted by Crippen LogP contribution is 2.22. The number of pyridine rings is 1. The fourth-order valence-corrected chi connectivity index (χ4v) is 3.85. The maximum atomic E-state index is 12.5. The number of nitrogens with one attached hydrogen (secondary N) is 1. The minimum absolute atomic E-state index is 0.195. The minimum Gasteiger partial charge on any atom is -0.481 e. The number of urea groups is 1. The molecule has 26 heavy (non-hydrogen) atoms. The molecule has 7 nitrogen and oxygen atoms in total. The van der Waals surface area contributed by atoms with Gasteiger partial charge in [0, 0.05) is 38.9 Å². The minimum atomic E-state index is -0.824. The summed E-state index contributed by atoms with van der Waals surface area (Å²) in [6.07, 6.45) is 6.08. The van der Waals surface area contributed by atoms with E-state index in [9.17, 15) is 14.7 Å². The van der Waals surface area contributed by atoms with Crippen LogP contribution in [0.15, 0.2) is 18.3 Å². The van der Waals surface area contributed by atoms with Crippen molar-refractivity contribution in [2.75, 3.05) is 31.1 Å². The third-order valence-corrected chi connectivity index (χ3v) is 5.23. The Kier molecular flexibility index (Phi) is 5.96. The van der Waals surface area contributed by atoms with Gasteiger partial charge < -0.3 is 20.2 Å². The molecule has 0 aliphatic carbocycles. The summed E-state index contributed by atoms with van der Waals surface area (Å²) >= 11 is 0. The molecule has 2 amide bonds. The molecule has 1 aromatic rings. The van der Waals surface area contributed by atoms with Crippen molar-refractivity contribution in [1.82, 2.24) is 15.2 Å². The van der Waals surface area contributed by atoms with E-state index in [1.54, 1.807) is 11.1 Å². The molecule has 2 aliphatic heterocycles. The molecule has 3 heterocycles. The van der Waals surface area contributed by atoms with Gasteiger partial charge in [0.1, 0.15) is 5.82 Å². The van der Waals surface area contributed by atoms with E-state index in [0.29, 0.717) is 19.5 Å². The maximum Gasteiger partial charge on any atom is 0.317 e. The van der Waals surface area contributed by atoms with Crippen LogP contribution in [0.5, 0.6) is 0 Å². The molecule has 0 radical (unpaired) electrons. The zero-order valence-electron chi connectivity index (χ0n) is 15.4. The number of aromatic nitrogens is 1. The van der Waals surface area contributed by atoms with Crippen LogP contribution in [0.25, 0.3) is 0 Å². The Morgan fingerprint density at radius 3 is 2.77 bits per heavy atom. The van der Waals surface area contributed by atoms with Gasteiger partial charge in [0.05, 0.1) is 5.92 Å². The summed E-state index contributed by atoms with van der Waals surface area (Å²) in [6.45, 7) is 5.36. The van der Waals surface area contributed by atoms with E-state index in [2.05, 4.69) is 15.2 Å². The van der Waals surface area contributed by atoms with E-state index < -0.39 is 11.9 Å². The Labute approximate surface area is 154 Å². The van der Waals surface area contributed by atoms with Gasteiger partial charge in [0.25, 0.3) is 0 Å². The van der Waals surface area contributed by atoms with Crippen LogP contribution in [0.4, 0.5) is 10.6 Å². The van der Waals surface area contributed by atoms with E-state index >= 15 is 0 Å². The lowest BCUT2D eigenvalue weighted by Gasteiger charge is -2.34. The van der Waals surface area contributed by atoms with Crippen LogP contribution in [-0.4, -0.2) is 53.2 Å². The van der Waals surface area contributed by atoms with Crippen LogP contribution in [0.1, 0.15) is 38.2 Å². The summed E-state index contributed by atoms with van der Waals surface area (Å²) in [7, 11) is 0. The van der Waals surface area contributed by atoms with E-state index in [-0.39, 0.29) is 18.5 Å². The van der Waals surface area contributed by atoms with E-state index in [1.807, 2.05) is 19.1 Å². The number of carboxylic acid groups (broad SMARTS) is 1. The van der Waals surface area contributed by atoms with Crippen molar-refractivity contribution in [3.8, 4) is 0 Å². The van der Waals surface area contributed by atoms with Crippen molar-refractivity contribution in [1.29, 1.82) is 0 Å². The molecule has 0 bridgehead atoms. The number of hydrogen-bond donors (Lipinski definition) is 2. The molecule has 2 fully saturated rings. The SMILES string of the molecule is CC1CC(C(=O)O)CN(C(=O)NCc2ccnc(N3CCCCC3)c2)C1. The van der Waals surface area contributed by atoms with Gasteiger partial charge in [-0.15, -0.1) is 0 Å². The summed E-state index contributed by atoms with van der Waals surface area (Å²) < 4.78 is 0. The molecule has 0 aromatic carbocycles. The number of carbonyl (C=O) groups is 2. The molecule has 3 rings (SSSR count). The average molecular weight is 360 g/mol. The third kappa shape index (κ3) is 4.65. The number of piperidine rings is 2. The molecule has 1 aromatic heterocycles. The molecule has 0 spiro atoms. The Bertz CT molecular complexity index is 645. The molecule has 7 heteroatoms. The van der Waals surface area contributed by atoms with E-state index in [4.69, 9.17) is 0 Å². The van der Waals surface area contributed by atoms with Crippen LogP contribution >= 0.6 is 0 Å². The molecular weight excluding hydrogens is 332 g/mol. The Balaban J connectivity index is 1.56. The summed E-state index contributed by atoms with van der Waals surface area (Å²) in [5.74, 6) is -0.137. The smallest absolute Gasteiger partial charge is 0.317 e. The van der Waals surface area contributed by atoms with E-state index in [1.165, 1.54) is 19.3 Å². The van der Waals surface area contributed by atoms with Crippen molar-refractivity contribution in [2.45, 2.75) is 39.2 Å². The van der Waals surface area contributed by atoms with E-state index in [0.717, 1.165) is 24.5 Å². The Hall–Kier alpha value is -2.31. The Morgan fingerprint density at radius 2 is 2.04 bits per heavy atom. The fourth-order valence-electron chi connectivity index (χ4n) is 3.85. The van der Waals surface area contributed by atoms with Crippen molar-refractivity contribution in [3.63, 3.8) is 0 Å². The van der Waals surface area contributed by atoms with Gasteiger partial charge in [0.2, 0.25) is 0 Å². The van der Waals surface area contributed by atoms with Gasteiger partial charge in [-0.2, -0.15) is 0 Å². The monoisotopic (exact) mass is 360 g/mol. The van der Waals surface area contributed by atoms with Gasteiger partial charge >= 0.3 is 12.0 Å².